The monoisotopic (exact) mass is 320 g/mol. The molecule has 0 bridgehead atoms. The summed E-state index contributed by atoms with van der Waals surface area (Å²) in [5, 5.41) is 14.4. The maximum atomic E-state index is 8.83. The van der Waals surface area contributed by atoms with Crippen molar-refractivity contribution in [2.45, 2.75) is 19.9 Å². The molecule has 2 rings (SSSR count). The molecule has 2 nitrogen and oxygen atoms in total. The van der Waals surface area contributed by atoms with E-state index in [1.54, 1.807) is 11.3 Å². The Hall–Kier alpha value is -1.31. The number of aryl methyl sites for hydroxylation is 1. The molecule has 1 heterocycles. The van der Waals surface area contributed by atoms with Gasteiger partial charge in [0.2, 0.25) is 0 Å². The number of benzene rings is 1. The van der Waals surface area contributed by atoms with Crippen LogP contribution in [0.4, 0.5) is 5.69 Å². The van der Waals surface area contributed by atoms with Crippen molar-refractivity contribution < 1.29 is 0 Å². The minimum absolute atomic E-state index is 0.259. The fourth-order valence-corrected chi connectivity index (χ4v) is 3.26. The summed E-state index contributed by atoms with van der Waals surface area (Å²) >= 11 is 5.25. The van der Waals surface area contributed by atoms with E-state index in [2.05, 4.69) is 52.6 Å². The van der Waals surface area contributed by atoms with Crippen molar-refractivity contribution >= 4 is 33.0 Å². The molecule has 18 heavy (non-hydrogen) atoms. The van der Waals surface area contributed by atoms with Gasteiger partial charge in [-0.15, -0.1) is 11.3 Å². The summed E-state index contributed by atoms with van der Waals surface area (Å²) in [4.78, 5) is 1.34. The fourth-order valence-electron chi connectivity index (χ4n) is 1.83. The molecule has 92 valence electrons. The largest absolute Gasteiger partial charge is 0.377 e. The zero-order valence-corrected chi connectivity index (χ0v) is 12.6. The number of nitrogens with zero attached hydrogens (tertiary/aromatic N) is 1. The molecule has 1 unspecified atom stereocenters. The highest BCUT2D eigenvalue weighted by molar-refractivity contribution is 9.10. The first-order valence-electron chi connectivity index (χ1n) is 5.62. The molecule has 0 fully saturated rings. The first kappa shape index (κ1) is 13.1. The maximum Gasteiger partial charge on any atom is 0.0992 e. The second kappa shape index (κ2) is 5.55. The van der Waals surface area contributed by atoms with E-state index in [1.165, 1.54) is 10.4 Å². The standard InChI is InChI=1S/C14H13BrN2S/c1-9-5-6-18-14(9)10(2)17-13-4-3-11(8-16)7-12(13)15/h3-7,10,17H,1-2H3. The van der Waals surface area contributed by atoms with Gasteiger partial charge in [0, 0.05) is 15.0 Å². The molecule has 0 radical (unpaired) electrons. The lowest BCUT2D eigenvalue weighted by Crippen LogP contribution is -2.06. The lowest BCUT2D eigenvalue weighted by atomic mass is 10.1. The smallest absolute Gasteiger partial charge is 0.0992 e. The second-order valence-corrected chi connectivity index (χ2v) is 5.94. The Morgan fingerprint density at radius 2 is 2.17 bits per heavy atom. The minimum atomic E-state index is 0.259. The van der Waals surface area contributed by atoms with Crippen LogP contribution < -0.4 is 5.32 Å². The zero-order valence-electron chi connectivity index (χ0n) is 10.2. The number of halogens is 1. The van der Waals surface area contributed by atoms with Crippen molar-refractivity contribution in [3.63, 3.8) is 0 Å². The minimum Gasteiger partial charge on any atom is -0.377 e. The van der Waals surface area contributed by atoms with Crippen molar-refractivity contribution in [2.75, 3.05) is 5.32 Å². The number of nitrogens with one attached hydrogen (secondary N) is 1. The summed E-state index contributed by atoms with van der Waals surface area (Å²) in [6, 6.07) is 10.1. The molecule has 0 aliphatic rings. The molecule has 0 saturated heterocycles. The number of anilines is 1. The van der Waals surface area contributed by atoms with Crippen molar-refractivity contribution in [2.24, 2.45) is 0 Å². The van der Waals surface area contributed by atoms with Crippen LogP contribution in [0.3, 0.4) is 0 Å². The van der Waals surface area contributed by atoms with Crippen LogP contribution in [0.2, 0.25) is 0 Å². The summed E-state index contributed by atoms with van der Waals surface area (Å²) in [5.74, 6) is 0. The molecule has 4 heteroatoms. The van der Waals surface area contributed by atoms with Crippen LogP contribution in [0.1, 0.15) is 29.0 Å². The Labute approximate surface area is 119 Å². The maximum absolute atomic E-state index is 8.83. The number of hydrogen-bond donors (Lipinski definition) is 1. The predicted octanol–water partition coefficient (Wildman–Crippen LogP) is 4.86. The molecule has 1 aromatic heterocycles. The van der Waals surface area contributed by atoms with Gasteiger partial charge in [-0.05, 0) is 65.0 Å². The Morgan fingerprint density at radius 1 is 1.39 bits per heavy atom. The Balaban J connectivity index is 2.20. The number of thiophene rings is 1. The molecular formula is C14H13BrN2S. The molecule has 0 amide bonds. The van der Waals surface area contributed by atoms with Crippen LogP contribution >= 0.6 is 27.3 Å². The van der Waals surface area contributed by atoms with E-state index in [4.69, 9.17) is 5.26 Å². The van der Waals surface area contributed by atoms with E-state index in [1.807, 2.05) is 18.2 Å². The molecule has 1 N–H and O–H groups in total. The van der Waals surface area contributed by atoms with E-state index in [0.29, 0.717) is 5.56 Å². The van der Waals surface area contributed by atoms with E-state index in [0.717, 1.165) is 10.2 Å². The van der Waals surface area contributed by atoms with Gasteiger partial charge in [-0.25, -0.2) is 0 Å². The van der Waals surface area contributed by atoms with Gasteiger partial charge in [-0.3, -0.25) is 0 Å². The van der Waals surface area contributed by atoms with Crippen molar-refractivity contribution in [1.82, 2.24) is 0 Å². The van der Waals surface area contributed by atoms with E-state index >= 15 is 0 Å². The number of hydrogen-bond acceptors (Lipinski definition) is 3. The second-order valence-electron chi connectivity index (χ2n) is 4.14. The van der Waals surface area contributed by atoms with Gasteiger partial charge < -0.3 is 5.32 Å². The van der Waals surface area contributed by atoms with Crippen LogP contribution in [-0.4, -0.2) is 0 Å². The van der Waals surface area contributed by atoms with Crippen molar-refractivity contribution in [3.05, 3.63) is 50.1 Å². The quantitative estimate of drug-likeness (QED) is 0.876. The van der Waals surface area contributed by atoms with Gasteiger partial charge in [0.05, 0.1) is 17.7 Å². The Morgan fingerprint density at radius 3 is 2.72 bits per heavy atom. The highest BCUT2D eigenvalue weighted by Gasteiger charge is 2.11. The number of nitriles is 1. The normalized spacial score (nSPS) is 11.9. The third kappa shape index (κ3) is 2.74. The van der Waals surface area contributed by atoms with Gasteiger partial charge in [-0.1, -0.05) is 0 Å². The van der Waals surface area contributed by atoms with Crippen LogP contribution in [0.5, 0.6) is 0 Å². The molecule has 0 aliphatic carbocycles. The van der Waals surface area contributed by atoms with Crippen molar-refractivity contribution in [3.8, 4) is 6.07 Å². The average molecular weight is 321 g/mol. The van der Waals surface area contributed by atoms with E-state index < -0.39 is 0 Å². The van der Waals surface area contributed by atoms with Gasteiger partial charge in [-0.2, -0.15) is 5.26 Å². The zero-order chi connectivity index (χ0) is 13.1. The van der Waals surface area contributed by atoms with Crippen LogP contribution in [0.25, 0.3) is 0 Å². The van der Waals surface area contributed by atoms with Crippen LogP contribution in [0, 0.1) is 18.3 Å². The highest BCUT2D eigenvalue weighted by atomic mass is 79.9. The third-order valence-electron chi connectivity index (χ3n) is 2.77. The summed E-state index contributed by atoms with van der Waals surface area (Å²) in [6.07, 6.45) is 0. The Kier molecular flexibility index (Phi) is 4.05. The van der Waals surface area contributed by atoms with Gasteiger partial charge >= 0.3 is 0 Å². The summed E-state index contributed by atoms with van der Waals surface area (Å²) in [7, 11) is 0. The molecule has 0 spiro atoms. The van der Waals surface area contributed by atoms with Gasteiger partial charge in [0.1, 0.15) is 0 Å². The van der Waals surface area contributed by atoms with Crippen molar-refractivity contribution in [1.29, 1.82) is 5.26 Å². The molecule has 0 aliphatic heterocycles. The predicted molar refractivity (Wildman–Crippen MR) is 80.0 cm³/mol. The summed E-state index contributed by atoms with van der Waals surface area (Å²) < 4.78 is 0.919. The molecule has 1 atom stereocenters. The average Bonchev–Trinajstić information content (AvgIpc) is 2.78. The molecule has 0 saturated carbocycles. The van der Waals surface area contributed by atoms with E-state index in [-0.39, 0.29) is 6.04 Å². The molecule has 2 aromatic rings. The van der Waals surface area contributed by atoms with E-state index in [9.17, 15) is 0 Å². The molecular weight excluding hydrogens is 308 g/mol. The molecule has 1 aromatic carbocycles. The first-order chi connectivity index (χ1) is 8.61. The van der Waals surface area contributed by atoms with Crippen LogP contribution in [0.15, 0.2) is 34.1 Å². The highest BCUT2D eigenvalue weighted by Crippen LogP contribution is 2.30. The number of rotatable bonds is 3. The van der Waals surface area contributed by atoms with Crippen LogP contribution in [-0.2, 0) is 0 Å². The SMILES string of the molecule is Cc1ccsc1C(C)Nc1ccc(C#N)cc1Br. The van der Waals surface area contributed by atoms with Gasteiger partial charge in [0.15, 0.2) is 0 Å². The lowest BCUT2D eigenvalue weighted by Gasteiger charge is -2.16. The third-order valence-corrected chi connectivity index (χ3v) is 4.62. The lowest BCUT2D eigenvalue weighted by molar-refractivity contribution is 0.898. The fraction of sp³-hybridized carbons (Fsp3) is 0.214. The first-order valence-corrected chi connectivity index (χ1v) is 7.29. The summed E-state index contributed by atoms with van der Waals surface area (Å²) in [6.45, 7) is 4.27. The topological polar surface area (TPSA) is 35.8 Å². The summed E-state index contributed by atoms with van der Waals surface area (Å²) in [5.41, 5.74) is 2.98. The van der Waals surface area contributed by atoms with Gasteiger partial charge in [0.25, 0.3) is 0 Å². The Bertz CT molecular complexity index is 598.